The van der Waals surface area contributed by atoms with E-state index in [0.29, 0.717) is 31.0 Å². The van der Waals surface area contributed by atoms with E-state index >= 15 is 0 Å². The molecule has 3 heterocycles. The Bertz CT molecular complexity index is 788. The first-order valence-corrected chi connectivity index (χ1v) is 9.56. The number of rotatable bonds is 7. The molecule has 2 saturated heterocycles. The third kappa shape index (κ3) is 4.14. The monoisotopic (exact) mass is 377 g/mol. The van der Waals surface area contributed by atoms with Crippen LogP contribution in [0.4, 0.5) is 8.78 Å². The van der Waals surface area contributed by atoms with E-state index in [2.05, 4.69) is 10.4 Å². The van der Waals surface area contributed by atoms with E-state index in [0.717, 1.165) is 36.7 Å². The molecule has 2 aromatic rings. The van der Waals surface area contributed by atoms with Crippen LogP contribution in [0.3, 0.4) is 0 Å². The molecule has 1 atom stereocenters. The molecule has 146 valence electrons. The maximum atomic E-state index is 13.9. The summed E-state index contributed by atoms with van der Waals surface area (Å²) in [6, 6.07) is 5.22. The summed E-state index contributed by atoms with van der Waals surface area (Å²) in [7, 11) is 1.85. The van der Waals surface area contributed by atoms with E-state index in [1.807, 2.05) is 13.1 Å². The first-order valence-electron chi connectivity index (χ1n) is 9.56. The number of hydrogen-bond donors (Lipinski definition) is 1. The minimum absolute atomic E-state index is 0.0497. The molecule has 27 heavy (non-hydrogen) atoms. The van der Waals surface area contributed by atoms with Gasteiger partial charge in [-0.15, -0.1) is 0 Å². The zero-order chi connectivity index (χ0) is 18.8. The Morgan fingerprint density at radius 2 is 2.04 bits per heavy atom. The second-order valence-corrected chi connectivity index (χ2v) is 7.42. The lowest BCUT2D eigenvalue weighted by molar-refractivity contribution is -0.131. The molecule has 3 aliphatic rings. The molecule has 0 spiro atoms. The smallest absolute Gasteiger partial charge is 0.212 e. The maximum absolute atomic E-state index is 13.9. The molecular weight excluding hydrogens is 352 g/mol. The predicted octanol–water partition coefficient (Wildman–Crippen LogP) is 3.42. The topological polar surface area (TPSA) is 48.3 Å². The number of nitrogens with one attached hydrogen (secondary N) is 1. The fraction of sp³-hybridized carbons (Fsp3) is 0.550. The molecule has 3 fully saturated rings. The van der Waals surface area contributed by atoms with Crippen LogP contribution in [0.5, 0.6) is 5.88 Å². The third-order valence-corrected chi connectivity index (χ3v) is 5.50. The molecule has 1 unspecified atom stereocenters. The number of ether oxygens (including phenoxy) is 2. The summed E-state index contributed by atoms with van der Waals surface area (Å²) in [5.41, 5.74) is 1.03. The Balaban J connectivity index is 1.50. The summed E-state index contributed by atoms with van der Waals surface area (Å²) in [4.78, 5) is 0. The molecule has 2 bridgehead atoms. The highest BCUT2D eigenvalue weighted by molar-refractivity contribution is 5.21. The van der Waals surface area contributed by atoms with E-state index in [4.69, 9.17) is 9.47 Å². The minimum Gasteiger partial charge on any atom is -0.473 e. The number of nitrogens with zero attached hydrogens (tertiary/aromatic N) is 2. The van der Waals surface area contributed by atoms with Gasteiger partial charge in [-0.1, -0.05) is 0 Å². The van der Waals surface area contributed by atoms with Gasteiger partial charge >= 0.3 is 0 Å². The van der Waals surface area contributed by atoms with E-state index in [9.17, 15) is 8.78 Å². The lowest BCUT2D eigenvalue weighted by Gasteiger charge is -2.42. The first kappa shape index (κ1) is 18.4. The predicted molar refractivity (Wildman–Crippen MR) is 96.3 cm³/mol. The molecule has 0 radical (unpaired) electrons. The van der Waals surface area contributed by atoms with Gasteiger partial charge in [0.2, 0.25) is 5.88 Å². The van der Waals surface area contributed by atoms with Crippen LogP contribution < -0.4 is 10.1 Å². The van der Waals surface area contributed by atoms with Crippen LogP contribution in [-0.2, 0) is 24.4 Å². The number of fused-ring (bicyclic) bond motifs is 3. The largest absolute Gasteiger partial charge is 0.473 e. The van der Waals surface area contributed by atoms with E-state index in [-0.39, 0.29) is 18.3 Å². The van der Waals surface area contributed by atoms with Gasteiger partial charge in [0, 0.05) is 18.2 Å². The summed E-state index contributed by atoms with van der Waals surface area (Å²) in [5.74, 6) is 0.145. The second-order valence-electron chi connectivity index (χ2n) is 7.42. The second kappa shape index (κ2) is 7.94. The van der Waals surface area contributed by atoms with Gasteiger partial charge in [-0.3, -0.25) is 0 Å². The molecule has 1 N–H and O–H groups in total. The van der Waals surface area contributed by atoms with Crippen molar-refractivity contribution in [2.75, 3.05) is 7.05 Å². The highest BCUT2D eigenvalue weighted by Crippen LogP contribution is 2.38. The van der Waals surface area contributed by atoms with Gasteiger partial charge in [0.15, 0.2) is 0 Å². The maximum Gasteiger partial charge on any atom is 0.212 e. The zero-order valence-electron chi connectivity index (χ0n) is 15.5. The van der Waals surface area contributed by atoms with Crippen molar-refractivity contribution in [1.82, 2.24) is 15.1 Å². The lowest BCUT2D eigenvalue weighted by atomic mass is 9.80. The summed E-state index contributed by atoms with van der Waals surface area (Å²) in [5, 5.41) is 7.68. The van der Waals surface area contributed by atoms with Crippen LogP contribution in [0.1, 0.15) is 36.9 Å². The number of halogens is 2. The summed E-state index contributed by atoms with van der Waals surface area (Å²) >= 11 is 0. The molecule has 2 aliphatic heterocycles. The van der Waals surface area contributed by atoms with Gasteiger partial charge in [-0.05, 0) is 56.8 Å². The Hall–Kier alpha value is -1.99. The summed E-state index contributed by atoms with van der Waals surface area (Å²) in [6.07, 6.45) is 5.18. The van der Waals surface area contributed by atoms with Crippen molar-refractivity contribution in [3.63, 3.8) is 0 Å². The SMILES string of the molecule is CNCc1cc(OCc2cc(F)ccc2F)n(CC2OC3CCC2CC3)n1. The van der Waals surface area contributed by atoms with Crippen molar-refractivity contribution in [2.24, 2.45) is 5.92 Å². The fourth-order valence-corrected chi connectivity index (χ4v) is 4.09. The molecular formula is C20H25F2N3O2. The molecule has 1 saturated carbocycles. The summed E-state index contributed by atoms with van der Waals surface area (Å²) in [6.45, 7) is 1.17. The molecule has 5 nitrogen and oxygen atoms in total. The van der Waals surface area contributed by atoms with E-state index in [1.54, 1.807) is 4.68 Å². The van der Waals surface area contributed by atoms with Crippen molar-refractivity contribution in [1.29, 1.82) is 0 Å². The van der Waals surface area contributed by atoms with E-state index in [1.165, 1.54) is 12.8 Å². The van der Waals surface area contributed by atoms with Gasteiger partial charge in [0.25, 0.3) is 0 Å². The Labute approximate surface area is 157 Å². The van der Waals surface area contributed by atoms with Crippen molar-refractivity contribution >= 4 is 0 Å². The molecule has 1 aromatic heterocycles. The summed E-state index contributed by atoms with van der Waals surface area (Å²) < 4.78 is 41.1. The minimum atomic E-state index is -0.481. The number of aromatic nitrogens is 2. The van der Waals surface area contributed by atoms with Crippen molar-refractivity contribution in [3.05, 3.63) is 47.2 Å². The molecule has 1 aliphatic carbocycles. The number of hydrogen-bond acceptors (Lipinski definition) is 4. The van der Waals surface area contributed by atoms with Crippen molar-refractivity contribution in [2.45, 2.75) is 57.6 Å². The van der Waals surface area contributed by atoms with Gasteiger partial charge in [0.05, 0.1) is 24.4 Å². The fourth-order valence-electron chi connectivity index (χ4n) is 4.09. The van der Waals surface area contributed by atoms with Crippen molar-refractivity contribution in [3.8, 4) is 5.88 Å². The van der Waals surface area contributed by atoms with Gasteiger partial charge in [0.1, 0.15) is 18.2 Å². The third-order valence-electron chi connectivity index (χ3n) is 5.50. The van der Waals surface area contributed by atoms with Gasteiger partial charge < -0.3 is 14.8 Å². The highest BCUT2D eigenvalue weighted by atomic mass is 19.1. The highest BCUT2D eigenvalue weighted by Gasteiger charge is 2.37. The lowest BCUT2D eigenvalue weighted by Crippen LogP contribution is -2.43. The van der Waals surface area contributed by atoms with Crippen LogP contribution in [0.25, 0.3) is 0 Å². The van der Waals surface area contributed by atoms with Crippen LogP contribution in [0.2, 0.25) is 0 Å². The Morgan fingerprint density at radius 3 is 2.74 bits per heavy atom. The number of benzene rings is 1. The van der Waals surface area contributed by atoms with Gasteiger partial charge in [-0.2, -0.15) is 5.10 Å². The van der Waals surface area contributed by atoms with Crippen LogP contribution in [0, 0.1) is 17.6 Å². The quantitative estimate of drug-likeness (QED) is 0.803. The first-order chi connectivity index (χ1) is 13.1. The molecule has 0 amide bonds. The van der Waals surface area contributed by atoms with Crippen LogP contribution in [-0.4, -0.2) is 29.0 Å². The van der Waals surface area contributed by atoms with Gasteiger partial charge in [-0.25, -0.2) is 13.5 Å². The Morgan fingerprint density at radius 1 is 1.22 bits per heavy atom. The molecule has 7 heteroatoms. The molecule has 1 aromatic carbocycles. The average molecular weight is 377 g/mol. The van der Waals surface area contributed by atoms with E-state index < -0.39 is 11.6 Å². The average Bonchev–Trinajstić information content (AvgIpc) is 3.05. The normalized spacial score (nSPS) is 24.3. The molecule has 5 rings (SSSR count). The Kier molecular flexibility index (Phi) is 5.41. The van der Waals surface area contributed by atoms with Crippen molar-refractivity contribution < 1.29 is 18.3 Å². The zero-order valence-corrected chi connectivity index (χ0v) is 15.5. The van der Waals surface area contributed by atoms with Crippen LogP contribution >= 0.6 is 0 Å². The standard InChI is InChI=1S/C20H25F2N3O2/c1-23-10-16-9-20(26-12-14-8-15(21)4-7-18(14)22)25(24-16)11-19-13-2-5-17(27-19)6-3-13/h4,7-9,13,17,19,23H,2-3,5-6,10-12H2,1H3. The van der Waals surface area contributed by atoms with Crippen LogP contribution in [0.15, 0.2) is 24.3 Å².